The van der Waals surface area contributed by atoms with Crippen molar-refractivity contribution in [2.24, 2.45) is 0 Å². The molecule has 2 aromatic rings. The van der Waals surface area contributed by atoms with Crippen LogP contribution >= 0.6 is 11.3 Å². The van der Waals surface area contributed by atoms with E-state index in [9.17, 15) is 22.8 Å². The molecular weight excluding hydrogens is 437 g/mol. The first-order valence-electron chi connectivity index (χ1n) is 9.31. The molecule has 12 heteroatoms. The Bertz CT molecular complexity index is 958. The lowest BCUT2D eigenvalue weighted by atomic mass is 10.1. The van der Waals surface area contributed by atoms with Crippen LogP contribution in [0.4, 0.5) is 13.2 Å². The molecule has 0 fully saturated rings. The molecule has 0 aromatic carbocycles. The van der Waals surface area contributed by atoms with Gasteiger partial charge in [-0.2, -0.15) is 13.2 Å². The van der Waals surface area contributed by atoms with Gasteiger partial charge in [-0.3, -0.25) is 14.5 Å². The first kappa shape index (κ1) is 24.5. The number of carboxylic acids is 1. The third-order valence-electron chi connectivity index (χ3n) is 4.63. The van der Waals surface area contributed by atoms with Crippen LogP contribution in [0.1, 0.15) is 16.3 Å². The third-order valence-corrected chi connectivity index (χ3v) is 5.39. The van der Waals surface area contributed by atoms with Gasteiger partial charge in [0.2, 0.25) is 5.91 Å². The van der Waals surface area contributed by atoms with Crippen molar-refractivity contribution in [3.63, 3.8) is 0 Å². The summed E-state index contributed by atoms with van der Waals surface area (Å²) in [5.74, 6) is -2.82. The molecule has 0 bridgehead atoms. The molecule has 0 spiro atoms. The van der Waals surface area contributed by atoms with Crippen molar-refractivity contribution in [3.8, 4) is 0 Å². The minimum Gasteiger partial charge on any atom is -0.475 e. The highest BCUT2D eigenvalue weighted by Crippen LogP contribution is 2.17. The van der Waals surface area contributed by atoms with Crippen LogP contribution in [0.5, 0.6) is 0 Å². The lowest BCUT2D eigenvalue weighted by Crippen LogP contribution is -2.33. The number of thiazole rings is 1. The van der Waals surface area contributed by atoms with Gasteiger partial charge >= 0.3 is 12.1 Å². The van der Waals surface area contributed by atoms with E-state index < -0.39 is 12.1 Å². The second-order valence-electron chi connectivity index (χ2n) is 7.02. The van der Waals surface area contributed by atoms with E-state index in [0.717, 1.165) is 43.2 Å². The van der Waals surface area contributed by atoms with Crippen molar-refractivity contribution in [2.75, 3.05) is 27.2 Å². The van der Waals surface area contributed by atoms with Crippen LogP contribution in [0.15, 0.2) is 28.5 Å². The summed E-state index contributed by atoms with van der Waals surface area (Å²) in [5.41, 5.74) is 2.07. The molecule has 0 unspecified atom stereocenters. The van der Waals surface area contributed by atoms with Crippen LogP contribution in [-0.4, -0.2) is 69.7 Å². The van der Waals surface area contributed by atoms with Crippen molar-refractivity contribution >= 4 is 23.2 Å². The monoisotopic (exact) mass is 460 g/mol. The van der Waals surface area contributed by atoms with Crippen molar-refractivity contribution in [3.05, 3.63) is 50.3 Å². The van der Waals surface area contributed by atoms with Gasteiger partial charge in [-0.25, -0.2) is 9.78 Å². The highest BCUT2D eigenvalue weighted by molar-refractivity contribution is 7.09. The van der Waals surface area contributed by atoms with E-state index in [-0.39, 0.29) is 18.0 Å². The highest BCUT2D eigenvalue weighted by atomic mass is 32.1. The number of rotatable bonds is 4. The molecule has 3 heterocycles. The minimum absolute atomic E-state index is 0.0608. The second-order valence-corrected chi connectivity index (χ2v) is 8.00. The molecule has 31 heavy (non-hydrogen) atoms. The molecule has 1 aliphatic rings. The zero-order valence-corrected chi connectivity index (χ0v) is 17.9. The Balaban J connectivity index is 0.000000423. The zero-order valence-electron chi connectivity index (χ0n) is 17.1. The first-order chi connectivity index (χ1) is 14.5. The normalized spacial score (nSPS) is 14.1. The second kappa shape index (κ2) is 10.5. The Morgan fingerprint density at radius 2 is 1.87 bits per heavy atom. The number of hydrogen-bond donors (Lipinski definition) is 1. The molecule has 0 radical (unpaired) electrons. The van der Waals surface area contributed by atoms with Crippen LogP contribution in [0.3, 0.4) is 0 Å². The number of hydrogen-bond acceptors (Lipinski definition) is 6. The summed E-state index contributed by atoms with van der Waals surface area (Å²) in [5, 5.41) is 10.2. The Labute approximate surface area is 180 Å². The van der Waals surface area contributed by atoms with Gasteiger partial charge in [-0.1, -0.05) is 6.07 Å². The molecule has 1 aliphatic heterocycles. The third kappa shape index (κ3) is 7.17. The fraction of sp³-hybridized carbons (Fsp3) is 0.474. The van der Waals surface area contributed by atoms with Crippen LogP contribution in [0.25, 0.3) is 0 Å². The number of nitrogens with zero attached hydrogens (tertiary/aromatic N) is 4. The van der Waals surface area contributed by atoms with Gasteiger partial charge in [0.05, 0.1) is 6.54 Å². The molecule has 0 aliphatic carbocycles. The summed E-state index contributed by atoms with van der Waals surface area (Å²) >= 11 is 1.67. The zero-order chi connectivity index (χ0) is 23.2. The van der Waals surface area contributed by atoms with Crippen molar-refractivity contribution in [1.82, 2.24) is 19.4 Å². The summed E-state index contributed by atoms with van der Waals surface area (Å²) < 4.78 is 33.4. The summed E-state index contributed by atoms with van der Waals surface area (Å²) in [6.07, 6.45) is -1.59. The van der Waals surface area contributed by atoms with E-state index in [1.807, 2.05) is 17.6 Å². The van der Waals surface area contributed by atoms with Crippen LogP contribution in [0.2, 0.25) is 0 Å². The van der Waals surface area contributed by atoms with Crippen molar-refractivity contribution in [1.29, 1.82) is 0 Å². The molecular formula is C19H23F3N4O4S. The fourth-order valence-corrected chi connectivity index (χ4v) is 3.63. The predicted octanol–water partition coefficient (Wildman–Crippen LogP) is 1.63. The van der Waals surface area contributed by atoms with E-state index in [1.165, 1.54) is 10.5 Å². The van der Waals surface area contributed by atoms with Crippen LogP contribution < -0.4 is 5.56 Å². The number of halogens is 3. The summed E-state index contributed by atoms with van der Waals surface area (Å²) in [6.45, 7) is 2.76. The number of amides is 1. The first-order valence-corrected chi connectivity index (χ1v) is 10.2. The van der Waals surface area contributed by atoms with E-state index in [4.69, 9.17) is 9.90 Å². The maximum Gasteiger partial charge on any atom is 0.490 e. The average Bonchev–Trinajstić information content (AvgIpc) is 3.10. The van der Waals surface area contributed by atoms with Gasteiger partial charge in [-0.15, -0.1) is 11.3 Å². The highest BCUT2D eigenvalue weighted by Gasteiger charge is 2.38. The van der Waals surface area contributed by atoms with Crippen molar-refractivity contribution in [2.45, 2.75) is 32.1 Å². The number of carboxylic acid groups (broad SMARTS) is 1. The van der Waals surface area contributed by atoms with Crippen molar-refractivity contribution < 1.29 is 27.9 Å². The molecule has 0 saturated heterocycles. The average molecular weight is 460 g/mol. The summed E-state index contributed by atoms with van der Waals surface area (Å²) in [7, 11) is 3.43. The number of carbonyl (C=O) groups is 2. The lowest BCUT2D eigenvalue weighted by molar-refractivity contribution is -0.192. The largest absolute Gasteiger partial charge is 0.490 e. The minimum atomic E-state index is -5.08. The van der Waals surface area contributed by atoms with E-state index in [1.54, 1.807) is 36.1 Å². The Morgan fingerprint density at radius 1 is 1.23 bits per heavy atom. The van der Waals surface area contributed by atoms with Crippen LogP contribution in [0, 0.1) is 0 Å². The molecule has 170 valence electrons. The number of likely N-dealkylation sites (N-methyl/N-ethyl adjacent to an activating group) is 1. The number of aromatic nitrogens is 2. The fourth-order valence-electron chi connectivity index (χ4n) is 2.97. The molecule has 0 atom stereocenters. The van der Waals surface area contributed by atoms with Gasteiger partial charge in [0, 0.05) is 56.9 Å². The number of aliphatic carboxylic acids is 1. The van der Waals surface area contributed by atoms with Crippen LogP contribution in [-0.2, 0) is 35.5 Å². The summed E-state index contributed by atoms with van der Waals surface area (Å²) in [4.78, 5) is 41.5. The van der Waals surface area contributed by atoms with E-state index >= 15 is 0 Å². The van der Waals surface area contributed by atoms with Gasteiger partial charge in [0.15, 0.2) is 0 Å². The number of pyridine rings is 1. The topological polar surface area (TPSA) is 95.7 Å². The molecule has 1 N–H and O–H groups in total. The van der Waals surface area contributed by atoms with Gasteiger partial charge in [-0.05, 0) is 12.0 Å². The molecule has 1 amide bonds. The number of fused-ring (bicyclic) bond motifs is 1. The number of carbonyl (C=O) groups excluding carboxylic acids is 1. The van der Waals surface area contributed by atoms with E-state index in [0.29, 0.717) is 0 Å². The molecule has 8 nitrogen and oxygen atoms in total. The van der Waals surface area contributed by atoms with E-state index in [2.05, 4.69) is 9.88 Å². The standard InChI is InChI=1S/C17H22N4O2S.C2HF3O2/c1-19(2)17(23)12-21-14-6-9-20(11-15-18-7-10-24-15)8-5-13(14)3-4-16(21)22;3-2(4,5)1(6)7/h3-4,7,10H,5-6,8-9,11-12H2,1-2H3;(H,6,7). The Hall–Kier alpha value is -2.73. The SMILES string of the molecule is CN(C)C(=O)Cn1c2c(ccc1=O)CCN(Cc1nccs1)CC2.O=C(O)C(F)(F)F. The molecule has 3 rings (SSSR count). The maximum absolute atomic E-state index is 12.3. The van der Waals surface area contributed by atoms with Gasteiger partial charge in [0.1, 0.15) is 11.6 Å². The quantitative estimate of drug-likeness (QED) is 0.745. The molecule has 2 aromatic heterocycles. The van der Waals surface area contributed by atoms with Gasteiger partial charge < -0.3 is 14.6 Å². The maximum atomic E-state index is 12.3. The molecule has 0 saturated carbocycles. The smallest absolute Gasteiger partial charge is 0.475 e. The Morgan fingerprint density at radius 3 is 2.42 bits per heavy atom. The predicted molar refractivity (Wildman–Crippen MR) is 108 cm³/mol. The lowest BCUT2D eigenvalue weighted by Gasteiger charge is -2.18. The Kier molecular flexibility index (Phi) is 8.34. The van der Waals surface area contributed by atoms with Gasteiger partial charge in [0.25, 0.3) is 5.56 Å². The summed E-state index contributed by atoms with van der Waals surface area (Å²) in [6, 6.07) is 3.50. The number of alkyl halides is 3.